The van der Waals surface area contributed by atoms with Crippen LogP contribution in [0.2, 0.25) is 0 Å². The molecule has 1 aliphatic heterocycles. The Balaban J connectivity index is 1.16. The highest BCUT2D eigenvalue weighted by molar-refractivity contribution is 7.89. The first-order valence-corrected chi connectivity index (χ1v) is 18.7. The predicted molar refractivity (Wildman–Crippen MR) is 190 cm³/mol. The zero-order valence-electron chi connectivity index (χ0n) is 27.8. The second kappa shape index (κ2) is 15.9. The summed E-state index contributed by atoms with van der Waals surface area (Å²) in [6.07, 6.45) is 3.11. The van der Waals surface area contributed by atoms with Gasteiger partial charge in [-0.2, -0.15) is 4.31 Å². The Labute approximate surface area is 286 Å². The monoisotopic (exact) mass is 665 g/mol. The van der Waals surface area contributed by atoms with E-state index in [4.69, 9.17) is 4.74 Å². The van der Waals surface area contributed by atoms with Crippen LogP contribution >= 0.6 is 0 Å². The van der Waals surface area contributed by atoms with Gasteiger partial charge >= 0.3 is 6.09 Å². The van der Waals surface area contributed by atoms with Crippen molar-refractivity contribution in [1.29, 1.82) is 0 Å². The molecule has 1 saturated carbocycles. The van der Waals surface area contributed by atoms with Crippen LogP contribution in [0.3, 0.4) is 0 Å². The number of carbonyl (C=O) groups is 1. The van der Waals surface area contributed by atoms with Crippen LogP contribution < -0.4 is 0 Å². The molecule has 0 N–H and O–H groups in total. The van der Waals surface area contributed by atoms with Crippen LogP contribution in [0.5, 0.6) is 0 Å². The number of amides is 1. The number of sulfonamides is 1. The third kappa shape index (κ3) is 8.17. The van der Waals surface area contributed by atoms with Crippen molar-refractivity contribution in [2.75, 3.05) is 26.2 Å². The molecule has 7 nitrogen and oxygen atoms in total. The summed E-state index contributed by atoms with van der Waals surface area (Å²) in [5.41, 5.74) is 3.25. The molecule has 2 fully saturated rings. The zero-order chi connectivity index (χ0) is 33.3. The molecule has 1 saturated heterocycles. The molecule has 1 aliphatic carbocycles. The lowest BCUT2D eigenvalue weighted by atomic mass is 9.88. The molecular formula is C40H47N3O4S. The molecule has 3 atom stereocenters. The molecule has 6 rings (SSSR count). The third-order valence-electron chi connectivity index (χ3n) is 10.1. The van der Waals surface area contributed by atoms with E-state index in [9.17, 15) is 13.2 Å². The molecular weight excluding hydrogens is 619 g/mol. The van der Waals surface area contributed by atoms with Gasteiger partial charge in [-0.25, -0.2) is 13.2 Å². The summed E-state index contributed by atoms with van der Waals surface area (Å²) in [6, 6.07) is 39.2. The number of benzene rings is 4. The lowest BCUT2D eigenvalue weighted by Crippen LogP contribution is -2.48. The van der Waals surface area contributed by atoms with E-state index >= 15 is 0 Å². The first-order valence-electron chi connectivity index (χ1n) is 17.3. The van der Waals surface area contributed by atoms with Gasteiger partial charge in [0.15, 0.2) is 0 Å². The van der Waals surface area contributed by atoms with E-state index in [2.05, 4.69) is 29.2 Å². The molecule has 4 aromatic rings. The number of rotatable bonds is 12. The van der Waals surface area contributed by atoms with Crippen molar-refractivity contribution in [3.63, 3.8) is 0 Å². The van der Waals surface area contributed by atoms with Crippen molar-refractivity contribution in [1.82, 2.24) is 14.1 Å². The largest absolute Gasteiger partial charge is 0.445 e. The molecule has 2 aliphatic rings. The number of piperidine rings is 1. The van der Waals surface area contributed by atoms with Crippen LogP contribution in [0.25, 0.3) is 0 Å². The molecule has 1 amide bonds. The minimum absolute atomic E-state index is 0.127. The topological polar surface area (TPSA) is 70.2 Å². The highest BCUT2D eigenvalue weighted by Gasteiger charge is 2.43. The van der Waals surface area contributed by atoms with Crippen LogP contribution in [0.4, 0.5) is 4.79 Å². The number of hydrogen-bond acceptors (Lipinski definition) is 5. The van der Waals surface area contributed by atoms with Gasteiger partial charge in [0, 0.05) is 44.8 Å². The van der Waals surface area contributed by atoms with E-state index in [-0.39, 0.29) is 30.7 Å². The fourth-order valence-corrected chi connectivity index (χ4v) is 9.28. The first-order chi connectivity index (χ1) is 23.4. The molecule has 0 aromatic heterocycles. The first kappa shape index (κ1) is 33.9. The van der Waals surface area contributed by atoms with Gasteiger partial charge in [-0.3, -0.25) is 0 Å². The van der Waals surface area contributed by atoms with Gasteiger partial charge in [0.25, 0.3) is 0 Å². The Morgan fingerprint density at radius 2 is 1.31 bits per heavy atom. The van der Waals surface area contributed by atoms with E-state index in [1.165, 1.54) is 5.56 Å². The second-order valence-electron chi connectivity index (χ2n) is 13.1. The smallest absolute Gasteiger partial charge is 0.410 e. The number of hydrogen-bond donors (Lipinski definition) is 0. The summed E-state index contributed by atoms with van der Waals surface area (Å²) in [7, 11) is -3.72. The van der Waals surface area contributed by atoms with Crippen LogP contribution in [0.15, 0.2) is 126 Å². The maximum Gasteiger partial charge on any atom is 0.410 e. The van der Waals surface area contributed by atoms with Crippen molar-refractivity contribution >= 4 is 16.1 Å². The third-order valence-corrected chi connectivity index (χ3v) is 12.0. The molecule has 0 bridgehead atoms. The van der Waals surface area contributed by atoms with Gasteiger partial charge in [0.1, 0.15) is 6.61 Å². The summed E-state index contributed by atoms with van der Waals surface area (Å²) in [4.78, 5) is 17.8. The molecule has 1 heterocycles. The summed E-state index contributed by atoms with van der Waals surface area (Å²) < 4.78 is 35.9. The number of carbonyl (C=O) groups excluding carboxylic acids is 1. The molecule has 0 radical (unpaired) electrons. The fraction of sp³-hybridized carbons (Fsp3) is 0.375. The average Bonchev–Trinajstić information content (AvgIpc) is 3.55. The standard InChI is InChI=1S/C40H47N3O4S/c1-2-42(40(44)47-31-33-17-9-4-10-18-33)36-23-25-41(26-24-36)30-35-27-37(28-39(35)34-19-11-5-12-20-34)43(29-32-15-7-3-8-16-32)48(45,46)38-21-13-6-14-22-38/h3-22,35-37,39H,2,23-31H2,1H3. The normalized spacial score (nSPS) is 20.5. The predicted octanol–water partition coefficient (Wildman–Crippen LogP) is 7.56. The SMILES string of the molecule is CCN(C(=O)OCc1ccccc1)C1CCN(CC2CC(N(Cc3ccccc3)S(=O)(=O)c3ccccc3)CC2c2ccccc2)CC1. The number of likely N-dealkylation sites (tertiary alicyclic amines) is 1. The quantitative estimate of drug-likeness (QED) is 0.156. The van der Waals surface area contributed by atoms with Crippen molar-refractivity contribution in [3.05, 3.63) is 138 Å². The lowest BCUT2D eigenvalue weighted by Gasteiger charge is -2.39. The van der Waals surface area contributed by atoms with Gasteiger partial charge in [-0.05, 0) is 73.3 Å². The van der Waals surface area contributed by atoms with Gasteiger partial charge in [0.2, 0.25) is 10.0 Å². The molecule has 48 heavy (non-hydrogen) atoms. The highest BCUT2D eigenvalue weighted by Crippen LogP contribution is 2.44. The molecule has 4 aromatic carbocycles. The van der Waals surface area contributed by atoms with E-state index in [1.54, 1.807) is 28.6 Å². The zero-order valence-corrected chi connectivity index (χ0v) is 28.6. The van der Waals surface area contributed by atoms with Gasteiger partial charge in [0.05, 0.1) is 4.90 Å². The van der Waals surface area contributed by atoms with E-state index in [0.717, 1.165) is 56.4 Å². The number of ether oxygens (including phenoxy) is 1. The lowest BCUT2D eigenvalue weighted by molar-refractivity contribution is 0.0601. The van der Waals surface area contributed by atoms with Gasteiger partial charge in [-0.15, -0.1) is 0 Å². The summed E-state index contributed by atoms with van der Waals surface area (Å²) in [5.74, 6) is 0.551. The molecule has 3 unspecified atom stereocenters. The Bertz CT molecular complexity index is 1680. The summed E-state index contributed by atoms with van der Waals surface area (Å²) in [5, 5.41) is 0. The molecule has 252 valence electrons. The average molecular weight is 666 g/mol. The van der Waals surface area contributed by atoms with E-state index < -0.39 is 10.0 Å². The maximum absolute atomic E-state index is 14.2. The van der Waals surface area contributed by atoms with Crippen molar-refractivity contribution in [3.8, 4) is 0 Å². The second-order valence-corrected chi connectivity index (χ2v) is 15.0. The van der Waals surface area contributed by atoms with Crippen LogP contribution in [-0.4, -0.2) is 66.9 Å². The van der Waals surface area contributed by atoms with Crippen LogP contribution in [0, 0.1) is 5.92 Å². The van der Waals surface area contributed by atoms with Gasteiger partial charge < -0.3 is 14.5 Å². The van der Waals surface area contributed by atoms with E-state index in [0.29, 0.717) is 23.9 Å². The van der Waals surface area contributed by atoms with E-state index in [1.807, 2.05) is 84.6 Å². The highest BCUT2D eigenvalue weighted by atomic mass is 32.2. The Morgan fingerprint density at radius 3 is 1.92 bits per heavy atom. The van der Waals surface area contributed by atoms with Crippen molar-refractivity contribution in [2.45, 2.75) is 68.7 Å². The Hall–Kier alpha value is -3.98. The minimum atomic E-state index is -3.72. The molecule has 8 heteroatoms. The van der Waals surface area contributed by atoms with Crippen LogP contribution in [0.1, 0.15) is 55.2 Å². The van der Waals surface area contributed by atoms with Crippen molar-refractivity contribution in [2.24, 2.45) is 5.92 Å². The maximum atomic E-state index is 14.2. The van der Waals surface area contributed by atoms with Crippen LogP contribution in [-0.2, 0) is 27.9 Å². The fourth-order valence-electron chi connectivity index (χ4n) is 7.63. The summed E-state index contributed by atoms with van der Waals surface area (Å²) in [6.45, 7) is 5.95. The minimum Gasteiger partial charge on any atom is -0.445 e. The van der Waals surface area contributed by atoms with Crippen molar-refractivity contribution < 1.29 is 17.9 Å². The molecule has 0 spiro atoms. The summed E-state index contributed by atoms with van der Waals surface area (Å²) >= 11 is 0. The Kier molecular flexibility index (Phi) is 11.3. The Morgan fingerprint density at radius 1 is 0.750 bits per heavy atom. The number of nitrogens with zero attached hydrogens (tertiary/aromatic N) is 3. The van der Waals surface area contributed by atoms with Gasteiger partial charge in [-0.1, -0.05) is 109 Å².